The van der Waals surface area contributed by atoms with E-state index in [2.05, 4.69) is 5.32 Å². The van der Waals surface area contributed by atoms with Crippen LogP contribution in [0.5, 0.6) is 0 Å². The number of hydrogen-bond acceptors (Lipinski definition) is 4. The summed E-state index contributed by atoms with van der Waals surface area (Å²) < 4.78 is 0. The van der Waals surface area contributed by atoms with E-state index >= 15 is 0 Å². The normalized spacial score (nSPS) is 19.9. The first-order valence-electron chi connectivity index (χ1n) is 5.77. The molecule has 1 atom stereocenters. The molecule has 0 bridgehead atoms. The zero-order valence-corrected chi connectivity index (χ0v) is 10.6. The lowest BCUT2D eigenvalue weighted by molar-refractivity contribution is -0.384. The summed E-state index contributed by atoms with van der Waals surface area (Å²) in [6.45, 7) is 1.91. The molecule has 17 heavy (non-hydrogen) atoms. The SMILES string of the molecule is Cc1cccc([N+](=O)[O-])c1NC1CCCSC1. The smallest absolute Gasteiger partial charge is 0.292 e. The summed E-state index contributed by atoms with van der Waals surface area (Å²) in [5, 5.41) is 14.3. The lowest BCUT2D eigenvalue weighted by Gasteiger charge is -2.24. The van der Waals surface area contributed by atoms with Crippen molar-refractivity contribution in [1.82, 2.24) is 0 Å². The Hall–Kier alpha value is -1.23. The minimum absolute atomic E-state index is 0.181. The standard InChI is InChI=1S/C12H16N2O2S/c1-9-4-2-6-11(14(15)16)12(9)13-10-5-3-7-17-8-10/h2,4,6,10,13H,3,5,7-8H2,1H3. The van der Waals surface area contributed by atoms with Crippen LogP contribution in [0.1, 0.15) is 18.4 Å². The first kappa shape index (κ1) is 12.2. The number of nitro groups is 1. The zero-order chi connectivity index (χ0) is 12.3. The number of benzene rings is 1. The van der Waals surface area contributed by atoms with Crippen LogP contribution in [0.4, 0.5) is 11.4 Å². The Morgan fingerprint density at radius 2 is 2.35 bits per heavy atom. The Morgan fingerprint density at radius 1 is 1.53 bits per heavy atom. The first-order chi connectivity index (χ1) is 8.18. The van der Waals surface area contributed by atoms with Gasteiger partial charge in [-0.05, 0) is 31.1 Å². The number of nitro benzene ring substituents is 1. The highest BCUT2D eigenvalue weighted by Gasteiger charge is 2.20. The van der Waals surface area contributed by atoms with Crippen molar-refractivity contribution in [2.45, 2.75) is 25.8 Å². The van der Waals surface area contributed by atoms with Crippen LogP contribution < -0.4 is 5.32 Å². The zero-order valence-electron chi connectivity index (χ0n) is 9.81. The third-order valence-corrected chi connectivity index (χ3v) is 4.17. The average molecular weight is 252 g/mol. The fraction of sp³-hybridized carbons (Fsp3) is 0.500. The second-order valence-electron chi connectivity index (χ2n) is 4.28. The summed E-state index contributed by atoms with van der Waals surface area (Å²) in [7, 11) is 0. The topological polar surface area (TPSA) is 55.2 Å². The Bertz CT molecular complexity index is 417. The van der Waals surface area contributed by atoms with Gasteiger partial charge in [0, 0.05) is 17.9 Å². The molecule has 1 N–H and O–H groups in total. The molecule has 1 aromatic rings. The Morgan fingerprint density at radius 3 is 3.00 bits per heavy atom. The van der Waals surface area contributed by atoms with Gasteiger partial charge in [-0.2, -0.15) is 11.8 Å². The van der Waals surface area contributed by atoms with Crippen LogP contribution >= 0.6 is 11.8 Å². The van der Waals surface area contributed by atoms with Gasteiger partial charge >= 0.3 is 0 Å². The lowest BCUT2D eigenvalue weighted by Crippen LogP contribution is -2.26. The molecule has 0 spiro atoms. The molecule has 2 rings (SSSR count). The molecule has 1 aromatic carbocycles. The minimum atomic E-state index is -0.314. The largest absolute Gasteiger partial charge is 0.376 e. The molecule has 0 aliphatic carbocycles. The van der Waals surface area contributed by atoms with Gasteiger partial charge in [0.1, 0.15) is 5.69 Å². The van der Waals surface area contributed by atoms with Crippen LogP contribution in [-0.4, -0.2) is 22.5 Å². The fourth-order valence-corrected chi connectivity index (χ4v) is 3.12. The van der Waals surface area contributed by atoms with E-state index in [9.17, 15) is 10.1 Å². The maximum atomic E-state index is 11.0. The second-order valence-corrected chi connectivity index (χ2v) is 5.43. The van der Waals surface area contributed by atoms with Gasteiger partial charge in [0.05, 0.1) is 4.92 Å². The molecule has 92 valence electrons. The lowest BCUT2D eigenvalue weighted by atomic mass is 10.1. The number of thioether (sulfide) groups is 1. The third-order valence-electron chi connectivity index (χ3n) is 2.96. The molecule has 0 aromatic heterocycles. The van der Waals surface area contributed by atoms with Crippen molar-refractivity contribution in [3.05, 3.63) is 33.9 Å². The second kappa shape index (κ2) is 5.40. The molecule has 0 radical (unpaired) electrons. The quantitative estimate of drug-likeness (QED) is 0.663. The van der Waals surface area contributed by atoms with Crippen molar-refractivity contribution < 1.29 is 4.92 Å². The number of para-hydroxylation sites is 1. The number of rotatable bonds is 3. The first-order valence-corrected chi connectivity index (χ1v) is 6.92. The predicted molar refractivity (Wildman–Crippen MR) is 71.8 cm³/mol. The third kappa shape index (κ3) is 2.91. The van der Waals surface area contributed by atoms with Gasteiger partial charge in [0.25, 0.3) is 5.69 Å². The van der Waals surface area contributed by atoms with Crippen molar-refractivity contribution in [3.8, 4) is 0 Å². The summed E-state index contributed by atoms with van der Waals surface area (Å²) >= 11 is 1.91. The van der Waals surface area contributed by atoms with E-state index < -0.39 is 0 Å². The highest BCUT2D eigenvalue weighted by atomic mass is 32.2. The number of hydrogen-bond donors (Lipinski definition) is 1. The van der Waals surface area contributed by atoms with Crippen molar-refractivity contribution in [2.75, 3.05) is 16.8 Å². The van der Waals surface area contributed by atoms with Crippen LogP contribution in [0.2, 0.25) is 0 Å². The molecule has 1 aliphatic rings. The number of nitrogens with one attached hydrogen (secondary N) is 1. The van der Waals surface area contributed by atoms with Crippen LogP contribution in [0.3, 0.4) is 0 Å². The van der Waals surface area contributed by atoms with Crippen LogP contribution in [0.15, 0.2) is 18.2 Å². The van der Waals surface area contributed by atoms with E-state index in [-0.39, 0.29) is 10.6 Å². The molecule has 1 fully saturated rings. The van der Waals surface area contributed by atoms with E-state index in [1.54, 1.807) is 12.1 Å². The van der Waals surface area contributed by atoms with Gasteiger partial charge in [-0.15, -0.1) is 0 Å². The Kier molecular flexibility index (Phi) is 3.89. The Balaban J connectivity index is 2.21. The molecule has 1 saturated heterocycles. The van der Waals surface area contributed by atoms with Crippen molar-refractivity contribution in [2.24, 2.45) is 0 Å². The average Bonchev–Trinajstić information content (AvgIpc) is 2.33. The number of aryl methyl sites for hydroxylation is 1. The molecule has 5 heteroatoms. The number of nitrogens with zero attached hydrogens (tertiary/aromatic N) is 1. The van der Waals surface area contributed by atoms with Crippen molar-refractivity contribution in [1.29, 1.82) is 0 Å². The summed E-state index contributed by atoms with van der Waals surface area (Å²) in [5.74, 6) is 2.24. The maximum absolute atomic E-state index is 11.0. The van der Waals surface area contributed by atoms with E-state index in [1.165, 1.54) is 12.2 Å². The summed E-state index contributed by atoms with van der Waals surface area (Å²) in [4.78, 5) is 10.7. The van der Waals surface area contributed by atoms with E-state index in [0.717, 1.165) is 17.7 Å². The highest BCUT2D eigenvalue weighted by Crippen LogP contribution is 2.30. The van der Waals surface area contributed by atoms with Gasteiger partial charge in [-0.25, -0.2) is 0 Å². The summed E-state index contributed by atoms with van der Waals surface area (Å²) in [6.07, 6.45) is 2.28. The van der Waals surface area contributed by atoms with Gasteiger partial charge in [-0.1, -0.05) is 12.1 Å². The molecular formula is C12H16N2O2S. The van der Waals surface area contributed by atoms with Crippen LogP contribution in [0, 0.1) is 17.0 Å². The van der Waals surface area contributed by atoms with E-state index in [0.29, 0.717) is 11.7 Å². The molecule has 1 unspecified atom stereocenters. The maximum Gasteiger partial charge on any atom is 0.292 e. The predicted octanol–water partition coefficient (Wildman–Crippen LogP) is 3.21. The van der Waals surface area contributed by atoms with Crippen molar-refractivity contribution >= 4 is 23.1 Å². The van der Waals surface area contributed by atoms with Crippen LogP contribution in [0.25, 0.3) is 0 Å². The summed E-state index contributed by atoms with van der Waals surface area (Å²) in [5.41, 5.74) is 1.81. The molecule has 0 amide bonds. The molecule has 1 aliphatic heterocycles. The van der Waals surface area contributed by atoms with Crippen molar-refractivity contribution in [3.63, 3.8) is 0 Å². The van der Waals surface area contributed by atoms with Gasteiger partial charge < -0.3 is 5.32 Å². The molecule has 0 saturated carbocycles. The monoisotopic (exact) mass is 252 g/mol. The van der Waals surface area contributed by atoms with Crippen LogP contribution in [-0.2, 0) is 0 Å². The van der Waals surface area contributed by atoms with E-state index in [1.807, 2.05) is 24.8 Å². The highest BCUT2D eigenvalue weighted by molar-refractivity contribution is 7.99. The molecule has 4 nitrogen and oxygen atoms in total. The number of anilines is 1. The minimum Gasteiger partial charge on any atom is -0.376 e. The van der Waals surface area contributed by atoms with Gasteiger partial charge in [0.2, 0.25) is 0 Å². The van der Waals surface area contributed by atoms with Gasteiger partial charge in [0.15, 0.2) is 0 Å². The fourth-order valence-electron chi connectivity index (χ4n) is 2.05. The summed E-state index contributed by atoms with van der Waals surface area (Å²) in [6, 6.07) is 5.55. The van der Waals surface area contributed by atoms with E-state index in [4.69, 9.17) is 0 Å². The molecular weight excluding hydrogens is 236 g/mol. The van der Waals surface area contributed by atoms with Gasteiger partial charge in [-0.3, -0.25) is 10.1 Å². The molecule has 1 heterocycles. The Labute approximate surface area is 105 Å².